The van der Waals surface area contributed by atoms with E-state index < -0.39 is 0 Å². The van der Waals surface area contributed by atoms with Gasteiger partial charge in [-0.15, -0.1) is 0 Å². The number of ether oxygens (including phenoxy) is 3. The van der Waals surface area contributed by atoms with Crippen molar-refractivity contribution in [3.63, 3.8) is 0 Å². The Morgan fingerprint density at radius 1 is 1.21 bits per heavy atom. The third-order valence-electron chi connectivity index (χ3n) is 3.00. The number of aromatic nitrogens is 1. The average molecular weight is 261 g/mol. The summed E-state index contributed by atoms with van der Waals surface area (Å²) in [6.45, 7) is 1.29. The van der Waals surface area contributed by atoms with Gasteiger partial charge in [-0.3, -0.25) is 0 Å². The Morgan fingerprint density at radius 2 is 1.95 bits per heavy atom. The molecule has 1 aromatic heterocycles. The second-order valence-corrected chi connectivity index (χ2v) is 4.29. The second-order valence-electron chi connectivity index (χ2n) is 4.29. The van der Waals surface area contributed by atoms with Crippen molar-refractivity contribution in [3.8, 4) is 17.1 Å². The largest absolute Gasteiger partial charge is 0.497 e. The molecule has 0 radical (unpaired) electrons. The molecule has 2 aromatic rings. The van der Waals surface area contributed by atoms with Gasteiger partial charge in [-0.1, -0.05) is 5.16 Å². The van der Waals surface area contributed by atoms with Crippen molar-refractivity contribution in [1.29, 1.82) is 0 Å². The first kappa shape index (κ1) is 12.2. The summed E-state index contributed by atoms with van der Waals surface area (Å²) in [5, 5.41) is 4.03. The Bertz CT molecular complexity index is 529. The third kappa shape index (κ3) is 2.77. The molecule has 1 fully saturated rings. The van der Waals surface area contributed by atoms with Crippen LogP contribution in [-0.4, -0.2) is 31.8 Å². The molecule has 0 atom stereocenters. The number of nitrogens with zero attached hydrogens (tertiary/aromatic N) is 1. The zero-order valence-electron chi connectivity index (χ0n) is 10.7. The van der Waals surface area contributed by atoms with Crippen LogP contribution in [0.15, 0.2) is 34.9 Å². The molecule has 0 unspecified atom stereocenters. The van der Waals surface area contributed by atoms with E-state index in [0.29, 0.717) is 19.6 Å². The minimum absolute atomic E-state index is 0.200. The number of methoxy groups -OCH3 is 1. The van der Waals surface area contributed by atoms with Crippen LogP contribution >= 0.6 is 0 Å². The minimum Gasteiger partial charge on any atom is -0.497 e. The van der Waals surface area contributed by atoms with E-state index in [-0.39, 0.29) is 6.29 Å². The molecule has 2 heterocycles. The summed E-state index contributed by atoms with van der Waals surface area (Å²) in [6, 6.07) is 9.56. The predicted molar refractivity (Wildman–Crippen MR) is 67.9 cm³/mol. The van der Waals surface area contributed by atoms with Gasteiger partial charge in [0.05, 0.1) is 26.0 Å². The summed E-state index contributed by atoms with van der Waals surface area (Å²) in [6.07, 6.45) is 0.411. The van der Waals surface area contributed by atoms with Gasteiger partial charge in [-0.25, -0.2) is 0 Å². The maximum atomic E-state index is 5.38. The molecule has 1 aliphatic rings. The number of benzene rings is 1. The van der Waals surface area contributed by atoms with Gasteiger partial charge in [-0.2, -0.15) is 0 Å². The summed E-state index contributed by atoms with van der Waals surface area (Å²) < 4.78 is 21.2. The fraction of sp³-hybridized carbons (Fsp3) is 0.357. The van der Waals surface area contributed by atoms with Gasteiger partial charge in [0.15, 0.2) is 12.1 Å². The first-order chi connectivity index (χ1) is 9.35. The molecule has 0 bridgehead atoms. The van der Waals surface area contributed by atoms with Crippen molar-refractivity contribution in [1.82, 2.24) is 5.16 Å². The van der Waals surface area contributed by atoms with Gasteiger partial charge in [0, 0.05) is 18.1 Å². The molecule has 0 saturated carbocycles. The maximum absolute atomic E-state index is 5.38. The lowest BCUT2D eigenvalue weighted by Crippen LogP contribution is -2.11. The number of hydrogen-bond acceptors (Lipinski definition) is 5. The van der Waals surface area contributed by atoms with Crippen molar-refractivity contribution in [3.05, 3.63) is 36.0 Å². The van der Waals surface area contributed by atoms with Crippen LogP contribution in [-0.2, 0) is 15.9 Å². The predicted octanol–water partition coefficient (Wildman–Crippen LogP) is 2.27. The van der Waals surface area contributed by atoms with Crippen molar-refractivity contribution in [2.45, 2.75) is 12.7 Å². The van der Waals surface area contributed by atoms with Crippen LogP contribution in [0.5, 0.6) is 5.75 Å². The first-order valence-corrected chi connectivity index (χ1v) is 6.18. The normalized spacial score (nSPS) is 15.8. The quantitative estimate of drug-likeness (QED) is 0.845. The molecule has 0 aliphatic carbocycles. The van der Waals surface area contributed by atoms with Gasteiger partial charge in [0.1, 0.15) is 5.75 Å². The summed E-state index contributed by atoms with van der Waals surface area (Å²) in [5.41, 5.74) is 1.80. The van der Waals surface area contributed by atoms with Crippen molar-refractivity contribution >= 4 is 0 Å². The first-order valence-electron chi connectivity index (χ1n) is 6.18. The van der Waals surface area contributed by atoms with E-state index in [1.165, 1.54) is 0 Å². The van der Waals surface area contributed by atoms with Crippen LogP contribution in [0.2, 0.25) is 0 Å². The SMILES string of the molecule is COc1ccc(-c2cc(CC3OCCO3)no2)cc1. The second kappa shape index (κ2) is 5.42. The number of rotatable bonds is 4. The molecule has 5 heteroatoms. The standard InChI is InChI=1S/C14H15NO4/c1-16-12-4-2-10(3-5-12)13-8-11(15-19-13)9-14-17-6-7-18-14/h2-5,8,14H,6-7,9H2,1H3. The summed E-state index contributed by atoms with van der Waals surface area (Å²) >= 11 is 0. The lowest BCUT2D eigenvalue weighted by atomic mass is 10.1. The van der Waals surface area contributed by atoms with Gasteiger partial charge in [-0.05, 0) is 24.3 Å². The molecule has 1 saturated heterocycles. The van der Waals surface area contributed by atoms with Crippen LogP contribution in [0.25, 0.3) is 11.3 Å². The molecule has 0 amide bonds. The van der Waals surface area contributed by atoms with Gasteiger partial charge >= 0.3 is 0 Å². The zero-order chi connectivity index (χ0) is 13.1. The van der Waals surface area contributed by atoms with E-state index in [9.17, 15) is 0 Å². The van der Waals surface area contributed by atoms with E-state index in [0.717, 1.165) is 22.8 Å². The lowest BCUT2D eigenvalue weighted by Gasteiger charge is -2.04. The maximum Gasteiger partial charge on any atom is 0.167 e. The van der Waals surface area contributed by atoms with Crippen molar-refractivity contribution in [2.24, 2.45) is 0 Å². The topological polar surface area (TPSA) is 53.7 Å². The molecule has 0 N–H and O–H groups in total. The highest BCUT2D eigenvalue weighted by Gasteiger charge is 2.18. The Morgan fingerprint density at radius 3 is 2.63 bits per heavy atom. The molecular weight excluding hydrogens is 246 g/mol. The van der Waals surface area contributed by atoms with Gasteiger partial charge < -0.3 is 18.7 Å². The van der Waals surface area contributed by atoms with Crippen LogP contribution in [0.3, 0.4) is 0 Å². The van der Waals surface area contributed by atoms with E-state index in [1.807, 2.05) is 30.3 Å². The highest BCUT2D eigenvalue weighted by Crippen LogP contribution is 2.24. The minimum atomic E-state index is -0.200. The summed E-state index contributed by atoms with van der Waals surface area (Å²) in [7, 11) is 1.64. The summed E-state index contributed by atoms with van der Waals surface area (Å²) in [4.78, 5) is 0. The molecule has 0 spiro atoms. The van der Waals surface area contributed by atoms with E-state index in [4.69, 9.17) is 18.7 Å². The molecule has 100 valence electrons. The molecule has 3 rings (SSSR count). The summed E-state index contributed by atoms with van der Waals surface area (Å²) in [5.74, 6) is 1.55. The van der Waals surface area contributed by atoms with Crippen molar-refractivity contribution in [2.75, 3.05) is 20.3 Å². The van der Waals surface area contributed by atoms with Crippen LogP contribution in [0, 0.1) is 0 Å². The zero-order valence-corrected chi connectivity index (χ0v) is 10.7. The monoisotopic (exact) mass is 261 g/mol. The van der Waals surface area contributed by atoms with E-state index in [1.54, 1.807) is 7.11 Å². The molecule has 5 nitrogen and oxygen atoms in total. The Kier molecular flexibility index (Phi) is 3.48. The van der Waals surface area contributed by atoms with Crippen LogP contribution < -0.4 is 4.74 Å². The van der Waals surface area contributed by atoms with Crippen LogP contribution in [0.1, 0.15) is 5.69 Å². The third-order valence-corrected chi connectivity index (χ3v) is 3.00. The Balaban J connectivity index is 1.72. The molecule has 1 aromatic carbocycles. The van der Waals surface area contributed by atoms with E-state index >= 15 is 0 Å². The Labute approximate surface area is 111 Å². The smallest absolute Gasteiger partial charge is 0.167 e. The fourth-order valence-corrected chi connectivity index (χ4v) is 2.00. The fourth-order valence-electron chi connectivity index (χ4n) is 2.00. The van der Waals surface area contributed by atoms with Gasteiger partial charge in [0.2, 0.25) is 0 Å². The number of hydrogen-bond donors (Lipinski definition) is 0. The van der Waals surface area contributed by atoms with Crippen LogP contribution in [0.4, 0.5) is 0 Å². The molecule has 1 aliphatic heterocycles. The lowest BCUT2D eigenvalue weighted by molar-refractivity contribution is -0.0409. The highest BCUT2D eigenvalue weighted by molar-refractivity contribution is 5.58. The van der Waals surface area contributed by atoms with E-state index in [2.05, 4.69) is 5.16 Å². The average Bonchev–Trinajstić information content (AvgIpc) is 3.11. The Hall–Kier alpha value is -1.85. The molecular formula is C14H15NO4. The highest BCUT2D eigenvalue weighted by atomic mass is 16.7. The van der Waals surface area contributed by atoms with Gasteiger partial charge in [0.25, 0.3) is 0 Å². The molecule has 19 heavy (non-hydrogen) atoms. The van der Waals surface area contributed by atoms with Crippen molar-refractivity contribution < 1.29 is 18.7 Å².